The number of fused-ring (bicyclic) bond motifs is 2. The number of H-pyrrole nitrogens is 1. The van der Waals surface area contributed by atoms with Gasteiger partial charge in [0.25, 0.3) is 5.91 Å². The van der Waals surface area contributed by atoms with Crippen molar-refractivity contribution in [3.8, 4) is 5.69 Å². The lowest BCUT2D eigenvalue weighted by atomic mass is 10.1. The zero-order valence-electron chi connectivity index (χ0n) is 16.5. The highest BCUT2D eigenvalue weighted by atomic mass is 19.1. The fourth-order valence-electron chi connectivity index (χ4n) is 3.66. The second kappa shape index (κ2) is 7.39. The molecule has 1 aromatic carbocycles. The summed E-state index contributed by atoms with van der Waals surface area (Å²) in [6.07, 6.45) is 1.57. The third-order valence-corrected chi connectivity index (χ3v) is 5.15. The number of pyridine rings is 1. The van der Waals surface area contributed by atoms with Crippen LogP contribution in [0.2, 0.25) is 0 Å². The number of rotatable bonds is 6. The van der Waals surface area contributed by atoms with E-state index in [4.69, 9.17) is 21.3 Å². The summed E-state index contributed by atoms with van der Waals surface area (Å²) in [6, 6.07) is 3.09. The number of carbonyl (C=O) groups is 1. The Labute approximate surface area is 170 Å². The molecule has 10 heteroatoms. The van der Waals surface area contributed by atoms with Gasteiger partial charge in [0.05, 0.1) is 42.8 Å². The van der Waals surface area contributed by atoms with Crippen LogP contribution in [0.5, 0.6) is 0 Å². The van der Waals surface area contributed by atoms with Crippen LogP contribution in [0, 0.1) is 19.7 Å². The summed E-state index contributed by atoms with van der Waals surface area (Å²) < 4.78 is 21.6. The lowest BCUT2D eigenvalue weighted by Gasteiger charge is -2.14. The van der Waals surface area contributed by atoms with Gasteiger partial charge in [-0.3, -0.25) is 14.5 Å². The number of benzene rings is 1. The van der Waals surface area contributed by atoms with Gasteiger partial charge in [-0.15, -0.1) is 0 Å². The van der Waals surface area contributed by atoms with Crippen LogP contribution in [0.1, 0.15) is 27.2 Å². The van der Waals surface area contributed by atoms with Gasteiger partial charge < -0.3 is 21.3 Å². The van der Waals surface area contributed by atoms with Gasteiger partial charge in [-0.25, -0.2) is 9.37 Å². The molecule has 0 atom stereocenters. The number of aromatic nitrogens is 4. The Morgan fingerprint density at radius 1 is 1.33 bits per heavy atom. The minimum Gasteiger partial charge on any atom is -0.394 e. The highest BCUT2D eigenvalue weighted by Gasteiger charge is 2.25. The van der Waals surface area contributed by atoms with E-state index in [0.717, 1.165) is 5.56 Å². The molecule has 0 saturated carbocycles. The first-order valence-corrected chi connectivity index (χ1v) is 9.26. The SMILES string of the molecule is Cc1nc2c(cc1COCCO)c(C(N)=O)c(N)n2-c1c(C)c(F)cc2[nH]ncc12. The van der Waals surface area contributed by atoms with Crippen molar-refractivity contribution in [1.82, 2.24) is 19.7 Å². The van der Waals surface area contributed by atoms with Crippen LogP contribution >= 0.6 is 0 Å². The van der Waals surface area contributed by atoms with E-state index < -0.39 is 11.7 Å². The molecular weight excluding hydrogens is 391 g/mol. The Bertz CT molecular complexity index is 1290. The van der Waals surface area contributed by atoms with Crippen molar-refractivity contribution < 1.29 is 19.0 Å². The molecule has 9 nitrogen and oxygen atoms in total. The largest absolute Gasteiger partial charge is 0.394 e. The van der Waals surface area contributed by atoms with Crippen LogP contribution < -0.4 is 11.5 Å². The number of aliphatic hydroxyl groups excluding tert-OH is 1. The highest BCUT2D eigenvalue weighted by Crippen LogP contribution is 2.36. The summed E-state index contributed by atoms with van der Waals surface area (Å²) in [7, 11) is 0. The van der Waals surface area contributed by atoms with E-state index in [1.54, 1.807) is 26.1 Å². The lowest BCUT2D eigenvalue weighted by Crippen LogP contribution is -2.14. The molecule has 0 aliphatic rings. The topological polar surface area (TPSA) is 145 Å². The average Bonchev–Trinajstić information content (AvgIpc) is 3.25. The van der Waals surface area contributed by atoms with Gasteiger partial charge in [0.15, 0.2) is 0 Å². The molecule has 0 bridgehead atoms. The van der Waals surface area contributed by atoms with E-state index in [1.165, 1.54) is 10.6 Å². The number of nitrogen functional groups attached to an aromatic ring is 1. The maximum Gasteiger partial charge on any atom is 0.253 e. The molecule has 0 unspecified atom stereocenters. The number of nitrogens with two attached hydrogens (primary N) is 2. The van der Waals surface area contributed by atoms with E-state index in [2.05, 4.69) is 15.2 Å². The Morgan fingerprint density at radius 3 is 2.80 bits per heavy atom. The molecule has 0 radical (unpaired) electrons. The van der Waals surface area contributed by atoms with E-state index in [1.807, 2.05) is 0 Å². The number of amides is 1. The highest BCUT2D eigenvalue weighted by molar-refractivity contribution is 6.11. The Balaban J connectivity index is 2.06. The molecule has 0 saturated heterocycles. The van der Waals surface area contributed by atoms with Gasteiger partial charge >= 0.3 is 0 Å². The normalized spacial score (nSPS) is 11.6. The fraction of sp³-hybridized carbons (Fsp3) is 0.250. The molecule has 3 aromatic heterocycles. The number of hydrogen-bond acceptors (Lipinski definition) is 6. The first-order chi connectivity index (χ1) is 14.3. The fourth-order valence-corrected chi connectivity index (χ4v) is 3.66. The number of primary amides is 1. The second-order valence-electron chi connectivity index (χ2n) is 7.00. The zero-order chi connectivity index (χ0) is 21.6. The van der Waals surface area contributed by atoms with E-state index >= 15 is 0 Å². The molecule has 6 N–H and O–H groups in total. The van der Waals surface area contributed by atoms with E-state index in [-0.39, 0.29) is 31.2 Å². The summed E-state index contributed by atoms with van der Waals surface area (Å²) in [5.74, 6) is -1.11. The number of anilines is 1. The van der Waals surface area contributed by atoms with Crippen LogP contribution in [-0.4, -0.2) is 44.0 Å². The number of carbonyl (C=O) groups excluding carboxylic acids is 1. The van der Waals surface area contributed by atoms with Crippen molar-refractivity contribution >= 4 is 33.7 Å². The molecule has 156 valence electrons. The molecule has 3 heterocycles. The summed E-state index contributed by atoms with van der Waals surface area (Å²) in [4.78, 5) is 16.9. The summed E-state index contributed by atoms with van der Waals surface area (Å²) in [6.45, 7) is 3.68. The smallest absolute Gasteiger partial charge is 0.253 e. The number of aromatic amines is 1. The van der Waals surface area contributed by atoms with Crippen molar-refractivity contribution in [3.05, 3.63) is 46.5 Å². The number of nitrogens with one attached hydrogen (secondary N) is 1. The van der Waals surface area contributed by atoms with Crippen molar-refractivity contribution in [2.24, 2.45) is 5.73 Å². The van der Waals surface area contributed by atoms with E-state index in [9.17, 15) is 9.18 Å². The average molecular weight is 412 g/mol. The number of hydrogen-bond donors (Lipinski definition) is 4. The maximum atomic E-state index is 14.6. The molecule has 4 aromatic rings. The molecular formula is C20H21FN6O3. The predicted octanol–water partition coefficient (Wildman–Crippen LogP) is 1.85. The van der Waals surface area contributed by atoms with Crippen LogP contribution in [-0.2, 0) is 11.3 Å². The zero-order valence-corrected chi connectivity index (χ0v) is 16.5. The van der Waals surface area contributed by atoms with E-state index in [0.29, 0.717) is 38.9 Å². The van der Waals surface area contributed by atoms with Gasteiger partial charge in [0.2, 0.25) is 0 Å². The second-order valence-corrected chi connectivity index (χ2v) is 7.00. The maximum absolute atomic E-state index is 14.6. The Morgan fingerprint density at radius 2 is 2.10 bits per heavy atom. The number of halogens is 1. The third kappa shape index (κ3) is 2.97. The number of aliphatic hydroxyl groups is 1. The molecule has 30 heavy (non-hydrogen) atoms. The summed E-state index contributed by atoms with van der Waals surface area (Å²) >= 11 is 0. The molecule has 0 aliphatic carbocycles. The molecule has 0 fully saturated rings. The molecule has 4 rings (SSSR count). The quantitative estimate of drug-likeness (QED) is 0.356. The van der Waals surface area contributed by atoms with Crippen LogP contribution in [0.25, 0.3) is 27.6 Å². The Kier molecular flexibility index (Phi) is 4.88. The third-order valence-electron chi connectivity index (χ3n) is 5.15. The Hall–Kier alpha value is -3.50. The molecule has 1 amide bonds. The number of nitrogens with zero attached hydrogens (tertiary/aromatic N) is 3. The van der Waals surface area contributed by atoms with Gasteiger partial charge in [-0.1, -0.05) is 0 Å². The van der Waals surface area contributed by atoms with Gasteiger partial charge in [0.1, 0.15) is 17.3 Å². The first-order valence-electron chi connectivity index (χ1n) is 9.26. The minimum atomic E-state index is -0.721. The van der Waals surface area contributed by atoms with Gasteiger partial charge in [0, 0.05) is 22.0 Å². The lowest BCUT2D eigenvalue weighted by molar-refractivity contribution is 0.0812. The number of aryl methyl sites for hydroxylation is 1. The molecule has 0 spiro atoms. The minimum absolute atomic E-state index is 0.0639. The summed E-state index contributed by atoms with van der Waals surface area (Å²) in [5, 5.41) is 16.7. The number of ether oxygens (including phenoxy) is 1. The first kappa shape index (κ1) is 19.8. The van der Waals surface area contributed by atoms with Crippen LogP contribution in [0.15, 0.2) is 18.3 Å². The predicted molar refractivity (Wildman–Crippen MR) is 110 cm³/mol. The standard InChI is InChI=1S/C20H21FN6O3/c1-9-14(21)6-15-13(7-24-26-15)17(9)27-18(22)16(19(23)29)12-5-11(8-30-4-3-28)10(2)25-20(12)27/h5-7,28H,3-4,8,22H2,1-2H3,(H2,23,29)(H,24,26). The monoisotopic (exact) mass is 412 g/mol. The van der Waals surface area contributed by atoms with Gasteiger partial charge in [-0.05, 0) is 31.5 Å². The van der Waals surface area contributed by atoms with Gasteiger partial charge in [-0.2, -0.15) is 5.10 Å². The van der Waals surface area contributed by atoms with Crippen LogP contribution in [0.4, 0.5) is 10.2 Å². The van der Waals surface area contributed by atoms with Crippen molar-refractivity contribution in [2.45, 2.75) is 20.5 Å². The summed E-state index contributed by atoms with van der Waals surface area (Å²) in [5.41, 5.74) is 15.1. The van der Waals surface area contributed by atoms with Crippen molar-refractivity contribution in [1.29, 1.82) is 0 Å². The van der Waals surface area contributed by atoms with Crippen molar-refractivity contribution in [3.63, 3.8) is 0 Å². The van der Waals surface area contributed by atoms with Crippen molar-refractivity contribution in [2.75, 3.05) is 18.9 Å². The molecule has 0 aliphatic heterocycles. The van der Waals surface area contributed by atoms with Crippen LogP contribution in [0.3, 0.4) is 0 Å².